The summed E-state index contributed by atoms with van der Waals surface area (Å²) in [5, 5.41) is 0. The van der Waals surface area contributed by atoms with Gasteiger partial charge in [0.25, 0.3) is 0 Å². The van der Waals surface area contributed by atoms with Crippen molar-refractivity contribution in [3.63, 3.8) is 0 Å². The van der Waals surface area contributed by atoms with Gasteiger partial charge in [0, 0.05) is 4.47 Å². The Hall–Kier alpha value is -1.61. The van der Waals surface area contributed by atoms with Crippen molar-refractivity contribution in [1.82, 2.24) is 0 Å². The van der Waals surface area contributed by atoms with Gasteiger partial charge in [-0.25, -0.2) is 4.79 Å². The van der Waals surface area contributed by atoms with E-state index in [1.54, 1.807) is 12.1 Å². The molecule has 2 rings (SSSR count). The van der Waals surface area contributed by atoms with Crippen LogP contribution in [0.2, 0.25) is 0 Å². The van der Waals surface area contributed by atoms with E-state index in [9.17, 15) is 4.79 Å². The lowest BCUT2D eigenvalue weighted by Gasteiger charge is -2.20. The highest BCUT2D eigenvalue weighted by atomic mass is 79.9. The Balaban J connectivity index is 2.23. The summed E-state index contributed by atoms with van der Waals surface area (Å²) in [5.74, 6) is 0.266. The Kier molecular flexibility index (Phi) is 4.76. The number of carbonyl (C=O) groups excluding carboxylic acids is 1. The van der Waals surface area contributed by atoms with Crippen LogP contribution in [0.5, 0.6) is 5.75 Å². The van der Waals surface area contributed by atoms with Crippen molar-refractivity contribution in [2.75, 3.05) is 0 Å². The quantitative estimate of drug-likeness (QED) is 0.515. The van der Waals surface area contributed by atoms with E-state index in [0.717, 1.165) is 15.6 Å². The second-order valence-electron chi connectivity index (χ2n) is 6.58. The first-order chi connectivity index (χ1) is 10.2. The summed E-state index contributed by atoms with van der Waals surface area (Å²) in [6.07, 6.45) is 0. The van der Waals surface area contributed by atoms with Crippen LogP contribution in [0.25, 0.3) is 0 Å². The maximum absolute atomic E-state index is 12.3. The minimum atomic E-state index is -0.340. The van der Waals surface area contributed by atoms with Crippen LogP contribution in [0.1, 0.15) is 47.8 Å². The molecular formula is C19H21BrO2. The molecule has 0 radical (unpaired) electrons. The molecule has 22 heavy (non-hydrogen) atoms. The normalized spacial score (nSPS) is 11.4. The maximum Gasteiger partial charge on any atom is 0.343 e. The third-order valence-electron chi connectivity index (χ3n) is 3.65. The number of aryl methyl sites for hydroxylation is 2. The molecule has 0 N–H and O–H groups in total. The van der Waals surface area contributed by atoms with Crippen molar-refractivity contribution in [2.45, 2.75) is 40.0 Å². The van der Waals surface area contributed by atoms with E-state index < -0.39 is 0 Å². The fraction of sp³-hybridized carbons (Fsp3) is 0.316. The van der Waals surface area contributed by atoms with Gasteiger partial charge in [0.15, 0.2) is 0 Å². The van der Waals surface area contributed by atoms with Gasteiger partial charge in [-0.15, -0.1) is 0 Å². The van der Waals surface area contributed by atoms with Crippen LogP contribution in [-0.4, -0.2) is 5.97 Å². The van der Waals surface area contributed by atoms with Gasteiger partial charge in [0.05, 0.1) is 5.56 Å². The molecule has 0 aliphatic heterocycles. The number of hydrogen-bond donors (Lipinski definition) is 0. The number of carbonyl (C=O) groups is 1. The highest BCUT2D eigenvalue weighted by Crippen LogP contribution is 2.28. The van der Waals surface area contributed by atoms with E-state index in [-0.39, 0.29) is 11.4 Å². The van der Waals surface area contributed by atoms with E-state index >= 15 is 0 Å². The first-order valence-electron chi connectivity index (χ1n) is 7.28. The molecule has 0 unspecified atom stereocenters. The van der Waals surface area contributed by atoms with Crippen LogP contribution in [0.3, 0.4) is 0 Å². The molecule has 116 valence electrons. The van der Waals surface area contributed by atoms with Crippen molar-refractivity contribution < 1.29 is 9.53 Å². The number of rotatable bonds is 2. The van der Waals surface area contributed by atoms with E-state index in [2.05, 4.69) is 42.8 Å². The molecule has 0 saturated carbocycles. The van der Waals surface area contributed by atoms with Gasteiger partial charge in [-0.05, 0) is 54.2 Å². The summed E-state index contributed by atoms with van der Waals surface area (Å²) in [5.41, 5.74) is 3.89. The van der Waals surface area contributed by atoms with Gasteiger partial charge in [0.2, 0.25) is 0 Å². The van der Waals surface area contributed by atoms with Crippen molar-refractivity contribution in [3.8, 4) is 5.75 Å². The summed E-state index contributed by atoms with van der Waals surface area (Å²) in [6.45, 7) is 10.4. The second-order valence-corrected chi connectivity index (χ2v) is 7.44. The Morgan fingerprint density at radius 1 is 1.00 bits per heavy atom. The highest BCUT2D eigenvalue weighted by molar-refractivity contribution is 9.10. The standard InChI is InChI=1S/C19H21BrO2/c1-12-6-7-14(11-16(12)20)18(21)22-17-9-8-15(10-13(17)2)19(3,4)5/h6-11H,1-5H3. The smallest absolute Gasteiger partial charge is 0.343 e. The molecule has 2 nitrogen and oxygen atoms in total. The molecule has 0 atom stereocenters. The molecule has 2 aromatic rings. The minimum Gasteiger partial charge on any atom is -0.423 e. The first-order valence-corrected chi connectivity index (χ1v) is 8.07. The van der Waals surface area contributed by atoms with Crippen LogP contribution < -0.4 is 4.74 Å². The number of ether oxygens (including phenoxy) is 1. The van der Waals surface area contributed by atoms with Crippen LogP contribution in [0, 0.1) is 13.8 Å². The lowest BCUT2D eigenvalue weighted by molar-refractivity contribution is 0.0733. The van der Waals surface area contributed by atoms with Crippen molar-refractivity contribution in [2.24, 2.45) is 0 Å². The van der Waals surface area contributed by atoms with Gasteiger partial charge >= 0.3 is 5.97 Å². The Bertz CT molecular complexity index is 712. The predicted octanol–water partition coefficient (Wildman–Crippen LogP) is 5.58. The maximum atomic E-state index is 12.3. The lowest BCUT2D eigenvalue weighted by atomic mass is 9.86. The van der Waals surface area contributed by atoms with Gasteiger partial charge in [-0.2, -0.15) is 0 Å². The molecule has 0 aromatic heterocycles. The second kappa shape index (κ2) is 6.25. The van der Waals surface area contributed by atoms with E-state index in [1.807, 2.05) is 32.0 Å². The largest absolute Gasteiger partial charge is 0.423 e. The van der Waals surface area contributed by atoms with Gasteiger partial charge < -0.3 is 4.74 Å². The average molecular weight is 361 g/mol. The number of benzene rings is 2. The predicted molar refractivity (Wildman–Crippen MR) is 93.7 cm³/mol. The molecule has 0 heterocycles. The summed E-state index contributed by atoms with van der Waals surface area (Å²) < 4.78 is 6.44. The molecule has 0 fully saturated rings. The molecule has 2 aromatic carbocycles. The SMILES string of the molecule is Cc1ccc(C(=O)Oc2ccc(C(C)(C)C)cc2C)cc1Br. The topological polar surface area (TPSA) is 26.3 Å². The van der Waals surface area contributed by atoms with Crippen LogP contribution >= 0.6 is 15.9 Å². The Morgan fingerprint density at radius 3 is 2.23 bits per heavy atom. The van der Waals surface area contributed by atoms with E-state index in [1.165, 1.54) is 5.56 Å². The summed E-state index contributed by atoms with van der Waals surface area (Å²) >= 11 is 3.44. The first kappa shape index (κ1) is 16.8. The molecule has 0 aliphatic carbocycles. The third-order valence-corrected chi connectivity index (χ3v) is 4.51. The number of hydrogen-bond acceptors (Lipinski definition) is 2. The lowest BCUT2D eigenvalue weighted by Crippen LogP contribution is -2.13. The molecule has 0 bridgehead atoms. The number of esters is 1. The minimum absolute atomic E-state index is 0.0785. The highest BCUT2D eigenvalue weighted by Gasteiger charge is 2.16. The summed E-state index contributed by atoms with van der Waals surface area (Å²) in [7, 11) is 0. The fourth-order valence-electron chi connectivity index (χ4n) is 2.11. The van der Waals surface area contributed by atoms with Crippen molar-refractivity contribution in [1.29, 1.82) is 0 Å². The fourth-order valence-corrected chi connectivity index (χ4v) is 2.49. The Labute approximate surface area is 140 Å². The molecule has 0 amide bonds. The zero-order valence-electron chi connectivity index (χ0n) is 13.7. The molecule has 0 saturated heterocycles. The number of halogens is 1. The monoisotopic (exact) mass is 360 g/mol. The average Bonchev–Trinajstić information content (AvgIpc) is 2.42. The van der Waals surface area contributed by atoms with Gasteiger partial charge in [-0.1, -0.05) is 54.9 Å². The van der Waals surface area contributed by atoms with E-state index in [4.69, 9.17) is 4.74 Å². The van der Waals surface area contributed by atoms with E-state index in [0.29, 0.717) is 11.3 Å². The molecule has 3 heteroatoms. The third kappa shape index (κ3) is 3.77. The van der Waals surface area contributed by atoms with Crippen LogP contribution in [0.15, 0.2) is 40.9 Å². The van der Waals surface area contributed by atoms with Crippen LogP contribution in [0.4, 0.5) is 0 Å². The van der Waals surface area contributed by atoms with Gasteiger partial charge in [-0.3, -0.25) is 0 Å². The summed E-state index contributed by atoms with van der Waals surface area (Å²) in [4.78, 5) is 12.3. The molecule has 0 spiro atoms. The zero-order valence-corrected chi connectivity index (χ0v) is 15.2. The van der Waals surface area contributed by atoms with Crippen LogP contribution in [-0.2, 0) is 5.41 Å². The van der Waals surface area contributed by atoms with Gasteiger partial charge in [0.1, 0.15) is 5.75 Å². The Morgan fingerprint density at radius 2 is 1.68 bits per heavy atom. The van der Waals surface area contributed by atoms with Crippen molar-refractivity contribution in [3.05, 3.63) is 63.1 Å². The molecular weight excluding hydrogens is 340 g/mol. The summed E-state index contributed by atoms with van der Waals surface area (Å²) in [6, 6.07) is 11.4. The molecule has 0 aliphatic rings. The van der Waals surface area contributed by atoms with Crippen molar-refractivity contribution >= 4 is 21.9 Å². The zero-order chi connectivity index (χ0) is 16.5.